The Morgan fingerprint density at radius 3 is 2.88 bits per heavy atom. The quantitative estimate of drug-likeness (QED) is 0.855. The molecule has 3 rings (SSSR count). The monoisotopic (exact) mass is 343 g/mol. The van der Waals surface area contributed by atoms with Crippen LogP contribution in [0.5, 0.6) is 0 Å². The number of aliphatic imine (C=N–C) groups is 1. The molecule has 1 aromatic heterocycles. The standard InChI is InChI=1S/C16H17N5O2S/c1-24(22,23)11-10-19-15-12-4-2-3-5-13(12)20-16(21-15)14-6-7-17-8-9-18-14/h2-9,18H,10-11H2,1H3,(H,19,20,21). The van der Waals surface area contributed by atoms with E-state index < -0.39 is 9.84 Å². The third-order valence-corrected chi connectivity index (χ3v) is 4.28. The minimum absolute atomic E-state index is 0.0387. The molecule has 8 heteroatoms. The lowest BCUT2D eigenvalue weighted by Gasteiger charge is -2.12. The van der Waals surface area contributed by atoms with Gasteiger partial charge in [0.25, 0.3) is 0 Å². The van der Waals surface area contributed by atoms with Crippen LogP contribution in [0.3, 0.4) is 0 Å². The van der Waals surface area contributed by atoms with Crippen LogP contribution in [0.25, 0.3) is 16.6 Å². The van der Waals surface area contributed by atoms with E-state index in [1.54, 1.807) is 24.7 Å². The minimum atomic E-state index is -3.04. The van der Waals surface area contributed by atoms with Gasteiger partial charge in [-0.25, -0.2) is 18.4 Å². The van der Waals surface area contributed by atoms with Crippen molar-refractivity contribution in [3.8, 4) is 0 Å². The van der Waals surface area contributed by atoms with Gasteiger partial charge in [0.1, 0.15) is 15.7 Å². The van der Waals surface area contributed by atoms with E-state index in [0.717, 1.165) is 10.9 Å². The second kappa shape index (κ2) is 6.79. The number of benzene rings is 1. The summed E-state index contributed by atoms with van der Waals surface area (Å²) in [6.45, 7) is 0.285. The number of para-hydroxylation sites is 1. The van der Waals surface area contributed by atoms with E-state index in [-0.39, 0.29) is 12.3 Å². The number of allylic oxidation sites excluding steroid dienone is 1. The van der Waals surface area contributed by atoms with Gasteiger partial charge in [-0.15, -0.1) is 0 Å². The summed E-state index contributed by atoms with van der Waals surface area (Å²) in [4.78, 5) is 13.1. The molecule has 0 bridgehead atoms. The molecule has 0 aliphatic carbocycles. The van der Waals surface area contributed by atoms with Crippen LogP contribution in [0, 0.1) is 0 Å². The average molecular weight is 343 g/mol. The SMILES string of the molecule is CS(=O)(=O)CCNc1nc(C2=CC=NC=CN2)nc2ccccc12. The smallest absolute Gasteiger partial charge is 0.178 e. The Kier molecular flexibility index (Phi) is 4.57. The maximum Gasteiger partial charge on any atom is 0.178 e. The van der Waals surface area contributed by atoms with Crippen molar-refractivity contribution in [2.45, 2.75) is 0 Å². The molecule has 0 fully saturated rings. The van der Waals surface area contributed by atoms with Crippen LogP contribution in [0.15, 0.2) is 47.7 Å². The molecule has 2 aromatic rings. The molecule has 0 radical (unpaired) electrons. The summed E-state index contributed by atoms with van der Waals surface area (Å²) in [6, 6.07) is 7.59. The van der Waals surface area contributed by atoms with Crippen molar-refractivity contribution in [3.05, 3.63) is 48.6 Å². The van der Waals surface area contributed by atoms with Gasteiger partial charge in [-0.2, -0.15) is 0 Å². The molecule has 2 heterocycles. The zero-order valence-electron chi connectivity index (χ0n) is 13.1. The number of fused-ring (bicyclic) bond motifs is 1. The number of aromatic nitrogens is 2. The van der Waals surface area contributed by atoms with Crippen LogP contribution < -0.4 is 10.6 Å². The maximum absolute atomic E-state index is 11.3. The van der Waals surface area contributed by atoms with E-state index >= 15 is 0 Å². The van der Waals surface area contributed by atoms with E-state index in [4.69, 9.17) is 0 Å². The molecule has 0 atom stereocenters. The summed E-state index contributed by atoms with van der Waals surface area (Å²) >= 11 is 0. The first-order valence-electron chi connectivity index (χ1n) is 7.37. The van der Waals surface area contributed by atoms with Gasteiger partial charge in [-0.1, -0.05) is 12.1 Å². The number of nitrogens with one attached hydrogen (secondary N) is 2. The number of sulfone groups is 1. The second-order valence-corrected chi connectivity index (χ2v) is 7.57. The lowest BCUT2D eigenvalue weighted by atomic mass is 10.2. The number of hydrogen-bond donors (Lipinski definition) is 2. The zero-order valence-corrected chi connectivity index (χ0v) is 13.9. The van der Waals surface area contributed by atoms with Gasteiger partial charge in [0.05, 0.1) is 17.0 Å². The van der Waals surface area contributed by atoms with E-state index in [2.05, 4.69) is 25.6 Å². The fourth-order valence-electron chi connectivity index (χ4n) is 2.21. The summed E-state index contributed by atoms with van der Waals surface area (Å²) in [5, 5.41) is 7.02. The van der Waals surface area contributed by atoms with Crippen molar-refractivity contribution in [3.63, 3.8) is 0 Å². The average Bonchev–Trinajstić information content (AvgIpc) is 2.82. The van der Waals surface area contributed by atoms with Gasteiger partial charge in [0.2, 0.25) is 0 Å². The zero-order chi connectivity index (χ0) is 17.0. The third-order valence-electron chi connectivity index (χ3n) is 3.34. The van der Waals surface area contributed by atoms with Crippen LogP contribution >= 0.6 is 0 Å². The number of rotatable bonds is 5. The van der Waals surface area contributed by atoms with Gasteiger partial charge in [0, 0.05) is 36.8 Å². The van der Waals surface area contributed by atoms with E-state index in [0.29, 0.717) is 17.3 Å². The number of nitrogens with zero attached hydrogens (tertiary/aromatic N) is 3. The minimum Gasteiger partial charge on any atom is -0.368 e. The first-order chi connectivity index (χ1) is 11.5. The predicted octanol–water partition coefficient (Wildman–Crippen LogP) is 1.57. The summed E-state index contributed by atoms with van der Waals surface area (Å²) in [5.74, 6) is 1.15. The lowest BCUT2D eigenvalue weighted by Crippen LogP contribution is -2.16. The molecule has 1 aliphatic heterocycles. The van der Waals surface area contributed by atoms with Crippen molar-refractivity contribution >= 4 is 38.5 Å². The Morgan fingerprint density at radius 2 is 2.04 bits per heavy atom. The van der Waals surface area contributed by atoms with Gasteiger partial charge >= 0.3 is 0 Å². The highest BCUT2D eigenvalue weighted by molar-refractivity contribution is 7.90. The Hall–Kier alpha value is -2.74. The lowest BCUT2D eigenvalue weighted by molar-refractivity contribution is 0.602. The third kappa shape index (κ3) is 3.96. The number of anilines is 1. The number of hydrogen-bond acceptors (Lipinski definition) is 7. The Bertz CT molecular complexity index is 948. The van der Waals surface area contributed by atoms with Crippen LogP contribution in [0.1, 0.15) is 5.82 Å². The molecule has 0 unspecified atom stereocenters. The highest BCUT2D eigenvalue weighted by atomic mass is 32.2. The summed E-state index contributed by atoms with van der Waals surface area (Å²) < 4.78 is 22.6. The molecule has 0 amide bonds. The fourth-order valence-corrected chi connectivity index (χ4v) is 2.68. The maximum atomic E-state index is 11.3. The van der Waals surface area contributed by atoms with Crippen LogP contribution in [-0.2, 0) is 9.84 Å². The van der Waals surface area contributed by atoms with E-state index in [1.165, 1.54) is 6.26 Å². The van der Waals surface area contributed by atoms with E-state index in [9.17, 15) is 8.42 Å². The first-order valence-corrected chi connectivity index (χ1v) is 9.43. The molecule has 7 nitrogen and oxygen atoms in total. The Labute approximate surface area is 140 Å². The summed E-state index contributed by atoms with van der Waals surface area (Å²) in [5.41, 5.74) is 1.49. The molecular weight excluding hydrogens is 326 g/mol. The molecule has 0 spiro atoms. The highest BCUT2D eigenvalue weighted by Gasteiger charge is 2.11. The molecule has 0 saturated heterocycles. The topological polar surface area (TPSA) is 96.3 Å². The van der Waals surface area contributed by atoms with Crippen molar-refractivity contribution < 1.29 is 8.42 Å². The van der Waals surface area contributed by atoms with Crippen LogP contribution in [-0.4, -0.2) is 43.2 Å². The molecule has 2 N–H and O–H groups in total. The van der Waals surface area contributed by atoms with Crippen molar-refractivity contribution in [2.75, 3.05) is 23.9 Å². The molecular formula is C16H17N5O2S. The second-order valence-electron chi connectivity index (χ2n) is 5.31. The Balaban J connectivity index is 1.98. The van der Waals surface area contributed by atoms with Gasteiger partial charge < -0.3 is 10.6 Å². The molecule has 1 aliphatic rings. The summed E-state index contributed by atoms with van der Waals surface area (Å²) in [7, 11) is -3.04. The first kappa shape index (κ1) is 16.1. The van der Waals surface area contributed by atoms with Gasteiger partial charge in [0.15, 0.2) is 5.82 Å². The van der Waals surface area contributed by atoms with Crippen molar-refractivity contribution in [1.82, 2.24) is 15.3 Å². The molecule has 124 valence electrons. The van der Waals surface area contributed by atoms with Crippen molar-refractivity contribution in [1.29, 1.82) is 0 Å². The normalized spacial score (nSPS) is 14.1. The Morgan fingerprint density at radius 1 is 1.21 bits per heavy atom. The van der Waals surface area contributed by atoms with Crippen molar-refractivity contribution in [2.24, 2.45) is 4.99 Å². The predicted molar refractivity (Wildman–Crippen MR) is 96.5 cm³/mol. The van der Waals surface area contributed by atoms with Crippen LogP contribution in [0.4, 0.5) is 5.82 Å². The van der Waals surface area contributed by atoms with Crippen LogP contribution in [0.2, 0.25) is 0 Å². The largest absolute Gasteiger partial charge is 0.368 e. The molecule has 1 aromatic carbocycles. The highest BCUT2D eigenvalue weighted by Crippen LogP contribution is 2.22. The molecule has 0 saturated carbocycles. The fraction of sp³-hybridized carbons (Fsp3) is 0.188. The van der Waals surface area contributed by atoms with Gasteiger partial charge in [-0.05, 0) is 18.2 Å². The van der Waals surface area contributed by atoms with Gasteiger partial charge in [-0.3, -0.25) is 4.99 Å². The molecule has 24 heavy (non-hydrogen) atoms. The summed E-state index contributed by atoms with van der Waals surface area (Å²) in [6.07, 6.45) is 7.98. The van der Waals surface area contributed by atoms with E-state index in [1.807, 2.05) is 24.3 Å².